The summed E-state index contributed by atoms with van der Waals surface area (Å²) in [5, 5.41) is 14.1. The maximum absolute atomic E-state index is 11.7. The van der Waals surface area contributed by atoms with E-state index in [4.69, 9.17) is 0 Å². The lowest BCUT2D eigenvalue weighted by atomic mass is 10.3. The highest BCUT2D eigenvalue weighted by atomic mass is 79.9. The van der Waals surface area contributed by atoms with Crippen LogP contribution in [0.25, 0.3) is 0 Å². The molecular formula is C14H11BrN2O3. The standard InChI is InChI=1S/C14H11BrN2O3/c15-9-3-1-4-10(7-9)16-13(19)14(20)17-11-5-2-6-12(18)8-11/h1-8,18H,(H,16,19)(H,17,20). The molecule has 0 atom stereocenters. The van der Waals surface area contributed by atoms with Gasteiger partial charge in [-0.15, -0.1) is 0 Å². The summed E-state index contributed by atoms with van der Waals surface area (Å²) in [5.74, 6) is -1.59. The number of benzene rings is 2. The Balaban J connectivity index is 2.01. The first-order valence-corrected chi connectivity index (χ1v) is 6.51. The monoisotopic (exact) mass is 334 g/mol. The van der Waals surface area contributed by atoms with Crippen molar-refractivity contribution in [2.45, 2.75) is 0 Å². The number of amides is 2. The molecule has 0 aliphatic carbocycles. The van der Waals surface area contributed by atoms with Crippen LogP contribution >= 0.6 is 15.9 Å². The maximum atomic E-state index is 11.7. The molecule has 0 saturated carbocycles. The molecule has 2 rings (SSSR count). The van der Waals surface area contributed by atoms with Crippen molar-refractivity contribution in [3.8, 4) is 5.75 Å². The van der Waals surface area contributed by atoms with Crippen LogP contribution in [0.15, 0.2) is 53.0 Å². The lowest BCUT2D eigenvalue weighted by molar-refractivity contribution is -0.132. The Morgan fingerprint density at radius 1 is 0.900 bits per heavy atom. The molecule has 0 bridgehead atoms. The summed E-state index contributed by atoms with van der Waals surface area (Å²) in [4.78, 5) is 23.4. The number of halogens is 1. The van der Waals surface area contributed by atoms with Gasteiger partial charge in [0.1, 0.15) is 5.75 Å². The molecule has 0 unspecified atom stereocenters. The third kappa shape index (κ3) is 3.83. The van der Waals surface area contributed by atoms with Gasteiger partial charge in [0, 0.05) is 21.9 Å². The number of phenols is 1. The number of nitrogens with one attached hydrogen (secondary N) is 2. The minimum absolute atomic E-state index is 0.00944. The molecule has 0 spiro atoms. The van der Waals surface area contributed by atoms with Gasteiger partial charge in [0.25, 0.3) is 0 Å². The zero-order valence-corrected chi connectivity index (χ0v) is 11.8. The molecule has 2 aromatic carbocycles. The first kappa shape index (κ1) is 14.1. The van der Waals surface area contributed by atoms with E-state index in [1.54, 1.807) is 30.3 Å². The molecule has 102 valence electrons. The summed E-state index contributed by atoms with van der Waals surface area (Å²) in [5.41, 5.74) is 0.856. The minimum atomic E-state index is -0.810. The third-order valence-electron chi connectivity index (χ3n) is 2.39. The van der Waals surface area contributed by atoms with Crippen LogP contribution in [0.2, 0.25) is 0 Å². The van der Waals surface area contributed by atoms with Gasteiger partial charge in [0.15, 0.2) is 0 Å². The smallest absolute Gasteiger partial charge is 0.314 e. The van der Waals surface area contributed by atoms with Crippen LogP contribution in [0.5, 0.6) is 5.75 Å². The second-order valence-corrected chi connectivity index (χ2v) is 4.88. The number of hydrogen-bond donors (Lipinski definition) is 3. The Morgan fingerprint density at radius 3 is 2.00 bits per heavy atom. The van der Waals surface area contributed by atoms with Crippen LogP contribution in [0, 0.1) is 0 Å². The topological polar surface area (TPSA) is 78.4 Å². The lowest BCUT2D eigenvalue weighted by Gasteiger charge is -2.07. The van der Waals surface area contributed by atoms with Gasteiger partial charge in [-0.3, -0.25) is 9.59 Å². The van der Waals surface area contributed by atoms with Crippen LogP contribution in [-0.2, 0) is 9.59 Å². The van der Waals surface area contributed by atoms with Crippen molar-refractivity contribution in [1.82, 2.24) is 0 Å². The average molecular weight is 335 g/mol. The summed E-state index contributed by atoms with van der Waals surface area (Å²) < 4.78 is 0.795. The number of phenolic OH excluding ortho intramolecular Hbond substituents is 1. The lowest BCUT2D eigenvalue weighted by Crippen LogP contribution is -2.29. The van der Waals surface area contributed by atoms with Gasteiger partial charge in [-0.05, 0) is 30.3 Å². The Morgan fingerprint density at radius 2 is 1.45 bits per heavy atom. The molecule has 6 heteroatoms. The zero-order chi connectivity index (χ0) is 14.5. The quantitative estimate of drug-likeness (QED) is 0.739. The van der Waals surface area contributed by atoms with E-state index < -0.39 is 11.8 Å². The highest BCUT2D eigenvalue weighted by Crippen LogP contribution is 2.17. The summed E-state index contributed by atoms with van der Waals surface area (Å²) >= 11 is 3.27. The fourth-order valence-electron chi connectivity index (χ4n) is 1.53. The number of anilines is 2. The molecule has 0 aliphatic heterocycles. The van der Waals surface area contributed by atoms with Gasteiger partial charge in [-0.2, -0.15) is 0 Å². The second-order valence-electron chi connectivity index (χ2n) is 3.97. The predicted molar refractivity (Wildman–Crippen MR) is 79.5 cm³/mol. The molecule has 20 heavy (non-hydrogen) atoms. The largest absolute Gasteiger partial charge is 0.508 e. The zero-order valence-electron chi connectivity index (χ0n) is 10.3. The molecule has 3 N–H and O–H groups in total. The number of hydrogen-bond acceptors (Lipinski definition) is 3. The fourth-order valence-corrected chi connectivity index (χ4v) is 1.92. The van der Waals surface area contributed by atoms with Crippen molar-refractivity contribution >= 4 is 39.1 Å². The molecule has 0 heterocycles. The molecule has 0 fully saturated rings. The van der Waals surface area contributed by atoms with E-state index in [1.165, 1.54) is 12.1 Å². The fraction of sp³-hybridized carbons (Fsp3) is 0. The van der Waals surface area contributed by atoms with Crippen molar-refractivity contribution in [3.05, 3.63) is 53.0 Å². The Kier molecular flexibility index (Phi) is 4.37. The van der Waals surface area contributed by atoms with Crippen molar-refractivity contribution in [3.63, 3.8) is 0 Å². The molecule has 5 nitrogen and oxygen atoms in total. The first-order valence-electron chi connectivity index (χ1n) is 5.71. The van der Waals surface area contributed by atoms with E-state index in [9.17, 15) is 14.7 Å². The number of rotatable bonds is 2. The summed E-state index contributed by atoms with van der Waals surface area (Å²) in [7, 11) is 0. The van der Waals surface area contributed by atoms with Crippen molar-refractivity contribution in [1.29, 1.82) is 0 Å². The molecule has 0 aromatic heterocycles. The predicted octanol–water partition coefficient (Wildman–Crippen LogP) is 2.73. The summed E-state index contributed by atoms with van der Waals surface area (Å²) in [6.07, 6.45) is 0. The Hall–Kier alpha value is -2.34. The van der Waals surface area contributed by atoms with Crippen molar-refractivity contribution in [2.24, 2.45) is 0 Å². The van der Waals surface area contributed by atoms with Gasteiger partial charge < -0.3 is 15.7 Å². The number of carbonyl (C=O) groups is 2. The van der Waals surface area contributed by atoms with Crippen LogP contribution < -0.4 is 10.6 Å². The first-order chi connectivity index (χ1) is 9.54. The SMILES string of the molecule is O=C(Nc1cccc(O)c1)C(=O)Nc1cccc(Br)c1. The van der Waals surface area contributed by atoms with Crippen LogP contribution in [-0.4, -0.2) is 16.9 Å². The number of carbonyl (C=O) groups excluding carboxylic acids is 2. The molecule has 0 saturated heterocycles. The van der Waals surface area contributed by atoms with E-state index >= 15 is 0 Å². The normalized spacial score (nSPS) is 9.85. The Bertz CT molecular complexity index is 601. The van der Waals surface area contributed by atoms with Crippen LogP contribution in [0.4, 0.5) is 11.4 Å². The molecule has 0 aliphatic rings. The van der Waals surface area contributed by atoms with Crippen molar-refractivity contribution < 1.29 is 14.7 Å². The van der Waals surface area contributed by atoms with E-state index in [2.05, 4.69) is 26.6 Å². The van der Waals surface area contributed by atoms with Gasteiger partial charge in [-0.25, -0.2) is 0 Å². The molecule has 2 amide bonds. The molecule has 2 aromatic rings. The summed E-state index contributed by atoms with van der Waals surface area (Å²) in [6, 6.07) is 12.9. The van der Waals surface area contributed by atoms with Gasteiger partial charge in [0.05, 0.1) is 0 Å². The summed E-state index contributed by atoms with van der Waals surface area (Å²) in [6.45, 7) is 0. The van der Waals surface area contributed by atoms with Gasteiger partial charge in [-0.1, -0.05) is 28.1 Å². The van der Waals surface area contributed by atoms with Crippen LogP contribution in [0.1, 0.15) is 0 Å². The maximum Gasteiger partial charge on any atom is 0.314 e. The third-order valence-corrected chi connectivity index (χ3v) is 2.89. The van der Waals surface area contributed by atoms with Crippen LogP contribution in [0.3, 0.4) is 0 Å². The highest BCUT2D eigenvalue weighted by Gasteiger charge is 2.14. The molecule has 0 radical (unpaired) electrons. The van der Waals surface area contributed by atoms with E-state index in [1.807, 2.05) is 6.07 Å². The highest BCUT2D eigenvalue weighted by molar-refractivity contribution is 9.10. The van der Waals surface area contributed by atoms with Gasteiger partial charge in [0.2, 0.25) is 0 Å². The average Bonchev–Trinajstić information content (AvgIpc) is 2.38. The van der Waals surface area contributed by atoms with Gasteiger partial charge >= 0.3 is 11.8 Å². The minimum Gasteiger partial charge on any atom is -0.508 e. The van der Waals surface area contributed by atoms with E-state index in [0.717, 1.165) is 4.47 Å². The van der Waals surface area contributed by atoms with E-state index in [-0.39, 0.29) is 5.75 Å². The molecular weight excluding hydrogens is 324 g/mol. The van der Waals surface area contributed by atoms with Crippen molar-refractivity contribution in [2.75, 3.05) is 10.6 Å². The second kappa shape index (κ2) is 6.21. The number of aromatic hydroxyl groups is 1. The Labute approximate surface area is 123 Å². The van der Waals surface area contributed by atoms with E-state index in [0.29, 0.717) is 11.4 Å².